The van der Waals surface area contributed by atoms with E-state index in [0.717, 1.165) is 17.4 Å². The maximum Gasteiger partial charge on any atom is 0.257 e. The number of hydrogen-bond donors (Lipinski definition) is 1. The highest BCUT2D eigenvalue weighted by molar-refractivity contribution is 6.13. The molecule has 134 valence electrons. The molecule has 0 spiro atoms. The van der Waals surface area contributed by atoms with E-state index in [0.29, 0.717) is 22.7 Å². The first-order valence-corrected chi connectivity index (χ1v) is 8.82. The lowest BCUT2D eigenvalue weighted by Crippen LogP contribution is -2.11. The van der Waals surface area contributed by atoms with Gasteiger partial charge in [-0.05, 0) is 49.4 Å². The van der Waals surface area contributed by atoms with E-state index in [2.05, 4.69) is 21.8 Å². The molecule has 0 radical (unpaired) electrons. The minimum absolute atomic E-state index is 0.126. The Hall–Kier alpha value is -3.60. The average molecular weight is 357 g/mol. The van der Waals surface area contributed by atoms with Crippen molar-refractivity contribution >= 4 is 22.5 Å². The van der Waals surface area contributed by atoms with Crippen molar-refractivity contribution in [1.82, 2.24) is 9.55 Å². The summed E-state index contributed by atoms with van der Waals surface area (Å²) in [6.07, 6.45) is 5.25. The Morgan fingerprint density at radius 1 is 1.04 bits per heavy atom. The van der Waals surface area contributed by atoms with Gasteiger partial charge < -0.3 is 14.6 Å². The number of aromatic nitrogens is 2. The molecule has 0 atom stereocenters. The van der Waals surface area contributed by atoms with Gasteiger partial charge in [0.2, 0.25) is 0 Å². The Bertz CT molecular complexity index is 1070. The second-order valence-corrected chi connectivity index (χ2v) is 6.12. The standard InChI is InChI=1S/C22H19N3O2/c1-2-25-15-20(19-7-3-4-8-21(19)25)22(26)24-16-9-11-17(12-10-16)27-18-6-5-13-23-14-18/h3-15H,2H2,1H3,(H,24,26). The maximum atomic E-state index is 12.8. The molecule has 5 heteroatoms. The van der Waals surface area contributed by atoms with Crippen LogP contribution in [0.1, 0.15) is 17.3 Å². The number of pyridine rings is 1. The predicted octanol–water partition coefficient (Wildman–Crippen LogP) is 5.10. The summed E-state index contributed by atoms with van der Waals surface area (Å²) in [6.45, 7) is 2.88. The number of para-hydroxylation sites is 1. The first-order valence-electron chi connectivity index (χ1n) is 8.82. The van der Waals surface area contributed by atoms with E-state index in [1.54, 1.807) is 12.4 Å². The summed E-state index contributed by atoms with van der Waals surface area (Å²) in [7, 11) is 0. The van der Waals surface area contributed by atoms with Crippen LogP contribution in [0.15, 0.2) is 79.3 Å². The highest BCUT2D eigenvalue weighted by Crippen LogP contribution is 2.24. The van der Waals surface area contributed by atoms with Crippen LogP contribution in [0.5, 0.6) is 11.5 Å². The second kappa shape index (κ2) is 7.33. The number of carbonyl (C=O) groups is 1. The molecule has 0 aliphatic heterocycles. The molecule has 2 aromatic heterocycles. The largest absolute Gasteiger partial charge is 0.456 e. The third-order valence-corrected chi connectivity index (χ3v) is 4.36. The molecule has 5 nitrogen and oxygen atoms in total. The van der Waals surface area contributed by atoms with Crippen molar-refractivity contribution in [1.29, 1.82) is 0 Å². The zero-order valence-electron chi connectivity index (χ0n) is 14.9. The molecule has 0 aliphatic carbocycles. The molecule has 0 bridgehead atoms. The molecular weight excluding hydrogens is 338 g/mol. The molecule has 27 heavy (non-hydrogen) atoms. The number of nitrogens with one attached hydrogen (secondary N) is 1. The number of benzene rings is 2. The van der Waals surface area contributed by atoms with E-state index in [1.807, 2.05) is 66.9 Å². The van der Waals surface area contributed by atoms with Crippen LogP contribution < -0.4 is 10.1 Å². The number of anilines is 1. The molecule has 1 amide bonds. The maximum absolute atomic E-state index is 12.8. The summed E-state index contributed by atoms with van der Waals surface area (Å²) in [6, 6.07) is 18.9. The molecular formula is C22H19N3O2. The van der Waals surface area contributed by atoms with E-state index in [4.69, 9.17) is 4.74 Å². The molecule has 4 rings (SSSR count). The van der Waals surface area contributed by atoms with Crippen LogP contribution in [0.3, 0.4) is 0 Å². The van der Waals surface area contributed by atoms with E-state index in [1.165, 1.54) is 0 Å². The molecule has 0 aliphatic rings. The van der Waals surface area contributed by atoms with E-state index < -0.39 is 0 Å². The Labute approximate surface area is 157 Å². The van der Waals surface area contributed by atoms with Gasteiger partial charge in [0.25, 0.3) is 5.91 Å². The summed E-state index contributed by atoms with van der Waals surface area (Å²) in [5, 5.41) is 3.91. The summed E-state index contributed by atoms with van der Waals surface area (Å²) in [5.74, 6) is 1.23. The van der Waals surface area contributed by atoms with Crippen molar-refractivity contribution in [3.05, 3.63) is 84.8 Å². The number of hydrogen-bond acceptors (Lipinski definition) is 3. The summed E-state index contributed by atoms with van der Waals surface area (Å²) < 4.78 is 7.80. The normalized spacial score (nSPS) is 10.7. The first-order chi connectivity index (χ1) is 13.2. The fraction of sp³-hybridized carbons (Fsp3) is 0.0909. The third kappa shape index (κ3) is 3.53. The van der Waals surface area contributed by atoms with Crippen molar-refractivity contribution in [2.45, 2.75) is 13.5 Å². The van der Waals surface area contributed by atoms with Gasteiger partial charge in [-0.15, -0.1) is 0 Å². The fourth-order valence-electron chi connectivity index (χ4n) is 3.04. The molecule has 0 unspecified atom stereocenters. The molecule has 4 aromatic rings. The molecule has 2 aromatic carbocycles. The van der Waals surface area contributed by atoms with Crippen molar-refractivity contribution in [3.63, 3.8) is 0 Å². The van der Waals surface area contributed by atoms with Crippen LogP contribution in [0.4, 0.5) is 5.69 Å². The number of nitrogens with zero attached hydrogens (tertiary/aromatic N) is 2. The van der Waals surface area contributed by atoms with Crippen LogP contribution in [0, 0.1) is 0 Å². The highest BCUT2D eigenvalue weighted by atomic mass is 16.5. The van der Waals surface area contributed by atoms with Gasteiger partial charge in [-0.1, -0.05) is 18.2 Å². The van der Waals surface area contributed by atoms with Crippen molar-refractivity contribution in [2.75, 3.05) is 5.32 Å². The smallest absolute Gasteiger partial charge is 0.257 e. The second-order valence-electron chi connectivity index (χ2n) is 6.12. The SMILES string of the molecule is CCn1cc(C(=O)Nc2ccc(Oc3cccnc3)cc2)c2ccccc21. The number of amides is 1. The lowest BCUT2D eigenvalue weighted by molar-refractivity contribution is 0.102. The molecule has 2 heterocycles. The highest BCUT2D eigenvalue weighted by Gasteiger charge is 2.14. The lowest BCUT2D eigenvalue weighted by Gasteiger charge is -2.07. The summed E-state index contributed by atoms with van der Waals surface area (Å²) in [4.78, 5) is 16.8. The Kier molecular flexibility index (Phi) is 4.58. The average Bonchev–Trinajstić information content (AvgIpc) is 3.09. The van der Waals surface area contributed by atoms with Gasteiger partial charge in [0.05, 0.1) is 11.8 Å². The van der Waals surface area contributed by atoms with Crippen LogP contribution in [-0.4, -0.2) is 15.5 Å². The number of aryl methyl sites for hydroxylation is 1. The van der Waals surface area contributed by atoms with Gasteiger partial charge in [-0.2, -0.15) is 0 Å². The zero-order valence-corrected chi connectivity index (χ0v) is 14.9. The number of fused-ring (bicyclic) bond motifs is 1. The molecule has 0 fully saturated rings. The van der Waals surface area contributed by atoms with Crippen molar-refractivity contribution in [3.8, 4) is 11.5 Å². The topological polar surface area (TPSA) is 56.2 Å². The third-order valence-electron chi connectivity index (χ3n) is 4.36. The van der Waals surface area contributed by atoms with Crippen molar-refractivity contribution in [2.24, 2.45) is 0 Å². The van der Waals surface area contributed by atoms with Gasteiger partial charge in [-0.25, -0.2) is 0 Å². The van der Waals surface area contributed by atoms with E-state index in [9.17, 15) is 4.79 Å². The van der Waals surface area contributed by atoms with Gasteiger partial charge in [0.15, 0.2) is 0 Å². The van der Waals surface area contributed by atoms with Crippen LogP contribution in [-0.2, 0) is 6.54 Å². The minimum atomic E-state index is -0.126. The van der Waals surface area contributed by atoms with Crippen LogP contribution in [0.2, 0.25) is 0 Å². The van der Waals surface area contributed by atoms with E-state index in [-0.39, 0.29) is 5.91 Å². The van der Waals surface area contributed by atoms with Gasteiger partial charge >= 0.3 is 0 Å². The van der Waals surface area contributed by atoms with E-state index >= 15 is 0 Å². The quantitative estimate of drug-likeness (QED) is 0.540. The Balaban J connectivity index is 1.52. The van der Waals surface area contributed by atoms with Crippen LogP contribution in [0.25, 0.3) is 10.9 Å². The molecule has 0 saturated heterocycles. The van der Waals surface area contributed by atoms with Crippen LogP contribution >= 0.6 is 0 Å². The zero-order chi connectivity index (χ0) is 18.6. The van der Waals surface area contributed by atoms with Gasteiger partial charge in [-0.3, -0.25) is 9.78 Å². The number of carbonyl (C=O) groups excluding carboxylic acids is 1. The monoisotopic (exact) mass is 357 g/mol. The fourth-order valence-corrected chi connectivity index (χ4v) is 3.04. The molecule has 0 saturated carbocycles. The van der Waals surface area contributed by atoms with Gasteiger partial charge in [0, 0.05) is 35.5 Å². The minimum Gasteiger partial charge on any atom is -0.456 e. The Morgan fingerprint density at radius 2 is 1.85 bits per heavy atom. The lowest BCUT2D eigenvalue weighted by atomic mass is 10.1. The van der Waals surface area contributed by atoms with Crippen molar-refractivity contribution < 1.29 is 9.53 Å². The number of rotatable bonds is 5. The molecule has 1 N–H and O–H groups in total. The predicted molar refractivity (Wildman–Crippen MR) is 106 cm³/mol. The summed E-state index contributed by atoms with van der Waals surface area (Å²) in [5.41, 5.74) is 2.44. The number of ether oxygens (including phenoxy) is 1. The first kappa shape index (κ1) is 16.8. The Morgan fingerprint density at radius 3 is 2.59 bits per heavy atom. The summed E-state index contributed by atoms with van der Waals surface area (Å²) >= 11 is 0. The van der Waals surface area contributed by atoms with Gasteiger partial charge in [0.1, 0.15) is 11.5 Å².